The third-order valence-electron chi connectivity index (χ3n) is 7.52. The number of carbonyl (C=O) groups is 1. The summed E-state index contributed by atoms with van der Waals surface area (Å²) in [7, 11) is 0. The molecule has 5 nitrogen and oxygen atoms in total. The molecule has 0 radical (unpaired) electrons. The Hall–Kier alpha value is -2.40. The highest BCUT2D eigenvalue weighted by molar-refractivity contribution is 6.36. The Morgan fingerprint density at radius 3 is 2.40 bits per heavy atom. The number of halogens is 1. The maximum absolute atomic E-state index is 13.2. The number of hydrogen-bond acceptors (Lipinski definition) is 3. The maximum atomic E-state index is 13.2. The van der Waals surface area contributed by atoms with Crippen molar-refractivity contribution in [3.05, 3.63) is 47.9 Å². The van der Waals surface area contributed by atoms with E-state index in [1.807, 2.05) is 29.0 Å². The Balaban J connectivity index is 1.31. The molecule has 4 aliphatic rings. The van der Waals surface area contributed by atoms with Crippen LogP contribution in [0.25, 0.3) is 16.9 Å². The van der Waals surface area contributed by atoms with Crippen molar-refractivity contribution in [2.45, 2.75) is 44.9 Å². The summed E-state index contributed by atoms with van der Waals surface area (Å²) >= 11 is 6.54. The van der Waals surface area contributed by atoms with E-state index in [0.29, 0.717) is 17.4 Å². The summed E-state index contributed by atoms with van der Waals surface area (Å²) in [5.41, 5.74) is 1.83. The van der Waals surface area contributed by atoms with E-state index in [-0.39, 0.29) is 11.3 Å². The highest BCUT2D eigenvalue weighted by Gasteiger charge is 2.51. The van der Waals surface area contributed by atoms with Crippen LogP contribution >= 0.6 is 11.6 Å². The van der Waals surface area contributed by atoms with Gasteiger partial charge in [-0.3, -0.25) is 9.36 Å². The molecule has 2 aromatic heterocycles. The van der Waals surface area contributed by atoms with E-state index in [0.717, 1.165) is 34.3 Å². The van der Waals surface area contributed by atoms with E-state index in [4.69, 9.17) is 11.6 Å². The first-order chi connectivity index (χ1) is 14.6. The Bertz CT molecular complexity index is 1090. The lowest BCUT2D eigenvalue weighted by Crippen LogP contribution is -2.47. The molecular formula is C24H25ClN4O. The summed E-state index contributed by atoms with van der Waals surface area (Å²) in [6.45, 7) is 0. The Labute approximate surface area is 180 Å². The maximum Gasteiger partial charge on any atom is 0.234 e. The van der Waals surface area contributed by atoms with Gasteiger partial charge in [-0.05, 0) is 79.9 Å². The van der Waals surface area contributed by atoms with E-state index in [9.17, 15) is 4.79 Å². The van der Waals surface area contributed by atoms with Crippen molar-refractivity contribution in [3.8, 4) is 5.95 Å². The zero-order chi connectivity index (χ0) is 20.3. The lowest BCUT2D eigenvalue weighted by Gasteiger charge is -2.56. The van der Waals surface area contributed by atoms with Gasteiger partial charge in [-0.1, -0.05) is 17.7 Å². The molecule has 7 rings (SSSR count). The van der Waals surface area contributed by atoms with Crippen LogP contribution in [0.4, 0.5) is 5.69 Å². The average molecular weight is 421 g/mol. The zero-order valence-electron chi connectivity index (χ0n) is 16.9. The molecule has 2 heterocycles. The molecular weight excluding hydrogens is 396 g/mol. The number of anilines is 1. The average Bonchev–Trinajstić information content (AvgIpc) is 3.06. The van der Waals surface area contributed by atoms with Crippen molar-refractivity contribution >= 4 is 34.1 Å². The second kappa shape index (κ2) is 6.81. The normalized spacial score (nSPS) is 29.4. The largest absolute Gasteiger partial charge is 0.324 e. The summed E-state index contributed by atoms with van der Waals surface area (Å²) in [6.07, 6.45) is 13.8. The van der Waals surface area contributed by atoms with Crippen LogP contribution < -0.4 is 5.32 Å². The van der Waals surface area contributed by atoms with Crippen LogP contribution in [0.3, 0.4) is 0 Å². The van der Waals surface area contributed by atoms with Crippen LogP contribution in [-0.4, -0.2) is 20.4 Å². The number of aromatic nitrogens is 3. The van der Waals surface area contributed by atoms with Gasteiger partial charge in [0.1, 0.15) is 0 Å². The standard InChI is InChI=1S/C24H25ClN4O/c25-18-3-1-4-20-22(18)19(14-29(20)23-26-5-2-6-27-23)28-21(30)13-24-10-15-7-16(11-24)9-17(8-15)12-24/h1-6,14-17H,7-13H2,(H,28,30). The fraction of sp³-hybridized carbons (Fsp3) is 0.458. The number of amides is 1. The van der Waals surface area contributed by atoms with Crippen LogP contribution in [0.1, 0.15) is 44.9 Å². The molecule has 4 saturated carbocycles. The predicted octanol–water partition coefficient (Wildman–Crippen LogP) is 5.62. The molecule has 1 N–H and O–H groups in total. The lowest BCUT2D eigenvalue weighted by atomic mass is 9.49. The lowest BCUT2D eigenvalue weighted by molar-refractivity contribution is -0.124. The first kappa shape index (κ1) is 18.4. The van der Waals surface area contributed by atoms with Gasteiger partial charge in [-0.25, -0.2) is 9.97 Å². The second-order valence-corrected chi connectivity index (χ2v) is 10.1. The molecule has 0 aliphatic heterocycles. The molecule has 4 aliphatic carbocycles. The minimum atomic E-state index is 0.102. The van der Waals surface area contributed by atoms with E-state index < -0.39 is 0 Å². The highest BCUT2D eigenvalue weighted by atomic mass is 35.5. The van der Waals surface area contributed by atoms with Crippen LogP contribution in [-0.2, 0) is 4.79 Å². The minimum absolute atomic E-state index is 0.102. The van der Waals surface area contributed by atoms with Gasteiger partial charge in [0.05, 0.1) is 16.2 Å². The molecule has 1 amide bonds. The summed E-state index contributed by atoms with van der Waals surface area (Å²) in [4.78, 5) is 21.9. The van der Waals surface area contributed by atoms with E-state index in [1.165, 1.54) is 38.5 Å². The summed E-state index contributed by atoms with van der Waals surface area (Å²) < 4.78 is 1.89. The van der Waals surface area contributed by atoms with Gasteiger partial charge in [0.2, 0.25) is 11.9 Å². The number of nitrogens with one attached hydrogen (secondary N) is 1. The number of hydrogen-bond donors (Lipinski definition) is 1. The van der Waals surface area contributed by atoms with Gasteiger partial charge in [0.15, 0.2) is 0 Å². The fourth-order valence-electron chi connectivity index (χ4n) is 6.96. The van der Waals surface area contributed by atoms with Gasteiger partial charge >= 0.3 is 0 Å². The number of benzene rings is 1. The quantitative estimate of drug-likeness (QED) is 0.595. The summed E-state index contributed by atoms with van der Waals surface area (Å²) in [5.74, 6) is 3.19. The van der Waals surface area contributed by atoms with Crippen molar-refractivity contribution in [2.24, 2.45) is 23.2 Å². The number of nitrogens with zero attached hydrogens (tertiary/aromatic N) is 3. The van der Waals surface area contributed by atoms with Crippen molar-refractivity contribution in [1.82, 2.24) is 14.5 Å². The molecule has 4 fully saturated rings. The molecule has 6 heteroatoms. The third kappa shape index (κ3) is 3.02. The minimum Gasteiger partial charge on any atom is -0.324 e. The van der Waals surface area contributed by atoms with Crippen molar-refractivity contribution in [3.63, 3.8) is 0 Å². The van der Waals surface area contributed by atoms with E-state index >= 15 is 0 Å². The Morgan fingerprint density at radius 2 is 1.73 bits per heavy atom. The van der Waals surface area contributed by atoms with Crippen LogP contribution in [0.5, 0.6) is 0 Å². The third-order valence-corrected chi connectivity index (χ3v) is 7.84. The zero-order valence-corrected chi connectivity index (χ0v) is 17.6. The SMILES string of the molecule is O=C(CC12CC3CC(CC(C3)C1)C2)Nc1cn(-c2ncccn2)c2cccc(Cl)c12. The fourth-order valence-corrected chi connectivity index (χ4v) is 7.23. The number of carbonyl (C=O) groups excluding carboxylic acids is 1. The van der Waals surface area contributed by atoms with E-state index in [1.54, 1.807) is 18.5 Å². The number of fused-ring (bicyclic) bond motifs is 1. The Morgan fingerprint density at radius 1 is 1.07 bits per heavy atom. The van der Waals surface area contributed by atoms with Gasteiger partial charge in [0.25, 0.3) is 0 Å². The molecule has 3 aromatic rings. The Kier molecular flexibility index (Phi) is 4.17. The predicted molar refractivity (Wildman–Crippen MR) is 118 cm³/mol. The van der Waals surface area contributed by atoms with Crippen molar-refractivity contribution < 1.29 is 4.79 Å². The van der Waals surface area contributed by atoms with E-state index in [2.05, 4.69) is 15.3 Å². The summed E-state index contributed by atoms with van der Waals surface area (Å²) in [6, 6.07) is 7.53. The molecule has 154 valence electrons. The number of rotatable bonds is 4. The molecule has 30 heavy (non-hydrogen) atoms. The van der Waals surface area contributed by atoms with Crippen LogP contribution in [0.15, 0.2) is 42.9 Å². The molecule has 0 spiro atoms. The van der Waals surface area contributed by atoms with Gasteiger partial charge < -0.3 is 5.32 Å². The second-order valence-electron chi connectivity index (χ2n) is 9.74. The topological polar surface area (TPSA) is 59.8 Å². The molecule has 0 atom stereocenters. The van der Waals surface area contributed by atoms with Crippen LogP contribution in [0, 0.1) is 23.2 Å². The highest BCUT2D eigenvalue weighted by Crippen LogP contribution is 2.61. The van der Waals surface area contributed by atoms with Crippen molar-refractivity contribution in [1.29, 1.82) is 0 Å². The smallest absolute Gasteiger partial charge is 0.234 e. The molecule has 0 unspecified atom stereocenters. The van der Waals surface area contributed by atoms with Gasteiger partial charge in [-0.2, -0.15) is 0 Å². The molecule has 0 saturated heterocycles. The van der Waals surface area contributed by atoms with Gasteiger partial charge in [0, 0.05) is 30.4 Å². The summed E-state index contributed by atoms with van der Waals surface area (Å²) in [5, 5.41) is 4.65. The molecule has 1 aromatic carbocycles. The first-order valence-electron chi connectivity index (χ1n) is 11.0. The monoisotopic (exact) mass is 420 g/mol. The van der Waals surface area contributed by atoms with Gasteiger partial charge in [-0.15, -0.1) is 0 Å². The first-order valence-corrected chi connectivity index (χ1v) is 11.3. The molecule has 4 bridgehead atoms. The van der Waals surface area contributed by atoms with Crippen molar-refractivity contribution in [2.75, 3.05) is 5.32 Å². The van der Waals surface area contributed by atoms with Crippen LogP contribution in [0.2, 0.25) is 5.02 Å².